The molecule has 2 aliphatic rings. The topological polar surface area (TPSA) is 15.7 Å². The molecule has 94 valence electrons. The van der Waals surface area contributed by atoms with Crippen LogP contribution in [0.2, 0.25) is 0 Å². The van der Waals surface area contributed by atoms with Crippen LogP contribution in [0.3, 0.4) is 0 Å². The molecule has 16 heavy (non-hydrogen) atoms. The van der Waals surface area contributed by atoms with Crippen molar-refractivity contribution in [2.75, 3.05) is 39.9 Å². The van der Waals surface area contributed by atoms with Crippen molar-refractivity contribution in [2.24, 2.45) is 5.92 Å². The fourth-order valence-electron chi connectivity index (χ4n) is 2.97. The molecule has 1 saturated heterocycles. The van der Waals surface area contributed by atoms with Crippen LogP contribution < -0.4 is 0 Å². The maximum absolute atomic E-state index is 5.60. The summed E-state index contributed by atoms with van der Waals surface area (Å²) in [5.41, 5.74) is 0. The summed E-state index contributed by atoms with van der Waals surface area (Å²) >= 11 is 0. The number of likely N-dealkylation sites (N-methyl/N-ethyl adjacent to an activating group) is 2. The Kier molecular flexibility index (Phi) is 4.22. The molecule has 2 fully saturated rings. The van der Waals surface area contributed by atoms with E-state index in [1.165, 1.54) is 19.4 Å². The summed E-state index contributed by atoms with van der Waals surface area (Å²) in [6.07, 6.45) is 2.77. The monoisotopic (exact) mass is 226 g/mol. The van der Waals surface area contributed by atoms with Gasteiger partial charge in [0.2, 0.25) is 0 Å². The van der Waals surface area contributed by atoms with Crippen molar-refractivity contribution < 1.29 is 4.74 Å². The van der Waals surface area contributed by atoms with Gasteiger partial charge in [-0.3, -0.25) is 4.90 Å². The van der Waals surface area contributed by atoms with Crippen LogP contribution in [0, 0.1) is 5.92 Å². The SMILES string of the molecule is CCN1CCOC[C@H]1CN(C)C1CC(C)C1. The summed E-state index contributed by atoms with van der Waals surface area (Å²) in [5.74, 6) is 0.942. The fourth-order valence-corrected chi connectivity index (χ4v) is 2.97. The van der Waals surface area contributed by atoms with Crippen LogP contribution in [-0.2, 0) is 4.74 Å². The van der Waals surface area contributed by atoms with Crippen LogP contribution in [0.5, 0.6) is 0 Å². The molecule has 0 bridgehead atoms. The van der Waals surface area contributed by atoms with E-state index in [-0.39, 0.29) is 0 Å². The summed E-state index contributed by atoms with van der Waals surface area (Å²) in [7, 11) is 2.28. The van der Waals surface area contributed by atoms with E-state index >= 15 is 0 Å². The molecule has 1 heterocycles. The van der Waals surface area contributed by atoms with Crippen LogP contribution in [0.4, 0.5) is 0 Å². The molecule has 0 radical (unpaired) electrons. The minimum absolute atomic E-state index is 0.611. The molecule has 2 rings (SSSR count). The molecule has 1 aliphatic carbocycles. The predicted molar refractivity (Wildman–Crippen MR) is 66.7 cm³/mol. The van der Waals surface area contributed by atoms with Gasteiger partial charge in [0.05, 0.1) is 13.2 Å². The third-order valence-corrected chi connectivity index (χ3v) is 4.23. The maximum atomic E-state index is 5.60. The molecule has 3 heteroatoms. The molecule has 0 aromatic rings. The fraction of sp³-hybridized carbons (Fsp3) is 1.00. The van der Waals surface area contributed by atoms with E-state index in [9.17, 15) is 0 Å². The van der Waals surface area contributed by atoms with Crippen LogP contribution >= 0.6 is 0 Å². The largest absolute Gasteiger partial charge is 0.378 e. The van der Waals surface area contributed by atoms with Gasteiger partial charge < -0.3 is 9.64 Å². The van der Waals surface area contributed by atoms with Crippen LogP contribution in [0.1, 0.15) is 26.7 Å². The normalized spacial score (nSPS) is 36.4. The zero-order chi connectivity index (χ0) is 11.5. The van der Waals surface area contributed by atoms with Gasteiger partial charge in [0.1, 0.15) is 0 Å². The average Bonchev–Trinajstić information content (AvgIpc) is 2.25. The highest BCUT2D eigenvalue weighted by atomic mass is 16.5. The van der Waals surface area contributed by atoms with E-state index in [4.69, 9.17) is 4.74 Å². The molecule has 0 spiro atoms. The third kappa shape index (κ3) is 2.76. The van der Waals surface area contributed by atoms with Gasteiger partial charge in [0.15, 0.2) is 0 Å². The van der Waals surface area contributed by atoms with E-state index in [0.717, 1.165) is 38.3 Å². The Balaban J connectivity index is 1.78. The molecular formula is C13H26N2O. The lowest BCUT2D eigenvalue weighted by Crippen LogP contribution is -2.53. The van der Waals surface area contributed by atoms with Crippen LogP contribution in [0.25, 0.3) is 0 Å². The Morgan fingerprint density at radius 2 is 2.12 bits per heavy atom. The van der Waals surface area contributed by atoms with Crippen molar-refractivity contribution >= 4 is 0 Å². The first kappa shape index (κ1) is 12.3. The Morgan fingerprint density at radius 1 is 1.38 bits per heavy atom. The lowest BCUT2D eigenvalue weighted by Gasteiger charge is -2.43. The first-order valence-electron chi connectivity index (χ1n) is 6.72. The molecule has 1 aliphatic heterocycles. The highest BCUT2D eigenvalue weighted by Crippen LogP contribution is 2.30. The highest BCUT2D eigenvalue weighted by Gasteiger charge is 2.31. The molecule has 1 atom stereocenters. The third-order valence-electron chi connectivity index (χ3n) is 4.23. The van der Waals surface area contributed by atoms with Gasteiger partial charge in [0.25, 0.3) is 0 Å². The first-order valence-corrected chi connectivity index (χ1v) is 6.72. The van der Waals surface area contributed by atoms with Gasteiger partial charge in [-0.05, 0) is 32.4 Å². The van der Waals surface area contributed by atoms with Gasteiger partial charge in [0, 0.05) is 25.2 Å². The first-order chi connectivity index (χ1) is 7.70. The minimum atomic E-state index is 0.611. The highest BCUT2D eigenvalue weighted by molar-refractivity contribution is 4.86. The number of nitrogens with zero attached hydrogens (tertiary/aromatic N) is 2. The maximum Gasteiger partial charge on any atom is 0.0634 e. The molecule has 1 saturated carbocycles. The van der Waals surface area contributed by atoms with Crippen molar-refractivity contribution in [1.29, 1.82) is 0 Å². The molecule has 0 unspecified atom stereocenters. The molecular weight excluding hydrogens is 200 g/mol. The Labute approximate surface area is 99.7 Å². The smallest absolute Gasteiger partial charge is 0.0634 e. The Hall–Kier alpha value is -0.120. The second-order valence-electron chi connectivity index (χ2n) is 5.53. The van der Waals surface area contributed by atoms with E-state index in [1.54, 1.807) is 0 Å². The zero-order valence-corrected chi connectivity index (χ0v) is 11.0. The lowest BCUT2D eigenvalue weighted by atomic mass is 9.81. The van der Waals surface area contributed by atoms with E-state index in [1.807, 2.05) is 0 Å². The number of hydrogen-bond acceptors (Lipinski definition) is 3. The standard InChI is InChI=1S/C13H26N2O/c1-4-15-5-6-16-10-13(15)9-14(3)12-7-11(2)8-12/h11-13H,4-10H2,1-3H3/t11?,12?,13-/m1/s1. The second-order valence-corrected chi connectivity index (χ2v) is 5.53. The summed E-state index contributed by atoms with van der Waals surface area (Å²) in [6.45, 7) is 9.87. The lowest BCUT2D eigenvalue weighted by molar-refractivity contribution is -0.0262. The van der Waals surface area contributed by atoms with Crippen molar-refractivity contribution in [2.45, 2.75) is 38.8 Å². The van der Waals surface area contributed by atoms with Crippen molar-refractivity contribution in [1.82, 2.24) is 9.80 Å². The van der Waals surface area contributed by atoms with Crippen LogP contribution in [-0.4, -0.2) is 61.8 Å². The molecule has 3 nitrogen and oxygen atoms in total. The molecule has 0 amide bonds. The van der Waals surface area contributed by atoms with Gasteiger partial charge in [-0.1, -0.05) is 13.8 Å². The van der Waals surface area contributed by atoms with E-state index < -0.39 is 0 Å². The van der Waals surface area contributed by atoms with Crippen molar-refractivity contribution in [3.8, 4) is 0 Å². The minimum Gasteiger partial charge on any atom is -0.378 e. The molecule has 0 aromatic heterocycles. The molecule has 0 aromatic carbocycles. The van der Waals surface area contributed by atoms with E-state index in [2.05, 4.69) is 30.7 Å². The molecule has 0 N–H and O–H groups in total. The number of ether oxygens (including phenoxy) is 1. The number of rotatable bonds is 4. The summed E-state index contributed by atoms with van der Waals surface area (Å²) in [4.78, 5) is 5.10. The van der Waals surface area contributed by atoms with Gasteiger partial charge >= 0.3 is 0 Å². The zero-order valence-electron chi connectivity index (χ0n) is 11.0. The Morgan fingerprint density at radius 3 is 2.75 bits per heavy atom. The number of morpholine rings is 1. The van der Waals surface area contributed by atoms with Crippen LogP contribution in [0.15, 0.2) is 0 Å². The van der Waals surface area contributed by atoms with E-state index in [0.29, 0.717) is 6.04 Å². The summed E-state index contributed by atoms with van der Waals surface area (Å²) in [6, 6.07) is 1.44. The predicted octanol–water partition coefficient (Wildman–Crippen LogP) is 1.44. The number of hydrogen-bond donors (Lipinski definition) is 0. The van der Waals surface area contributed by atoms with Crippen molar-refractivity contribution in [3.63, 3.8) is 0 Å². The quantitative estimate of drug-likeness (QED) is 0.721. The average molecular weight is 226 g/mol. The Bertz CT molecular complexity index is 216. The van der Waals surface area contributed by atoms with Gasteiger partial charge in [-0.15, -0.1) is 0 Å². The van der Waals surface area contributed by atoms with Gasteiger partial charge in [-0.25, -0.2) is 0 Å². The van der Waals surface area contributed by atoms with Crippen molar-refractivity contribution in [3.05, 3.63) is 0 Å². The summed E-state index contributed by atoms with van der Waals surface area (Å²) < 4.78 is 5.60. The van der Waals surface area contributed by atoms with Gasteiger partial charge in [-0.2, -0.15) is 0 Å². The second kappa shape index (κ2) is 5.48. The summed E-state index contributed by atoms with van der Waals surface area (Å²) in [5, 5.41) is 0.